The van der Waals surface area contributed by atoms with Gasteiger partial charge in [-0.1, -0.05) is 6.42 Å². The highest BCUT2D eigenvalue weighted by atomic mass is 16.5. The smallest absolute Gasteiger partial charge is 0.0611 e. The van der Waals surface area contributed by atoms with Crippen LogP contribution in [0.1, 0.15) is 51.4 Å². The Labute approximate surface area is 105 Å². The Morgan fingerprint density at radius 3 is 2.71 bits per heavy atom. The largest absolute Gasteiger partial charge is 0.375 e. The van der Waals surface area contributed by atoms with Crippen LogP contribution in [-0.4, -0.2) is 36.2 Å². The van der Waals surface area contributed by atoms with Crippen LogP contribution in [0.5, 0.6) is 0 Å². The SMILES string of the molecule is C1CCN2CCC(C3CC4CCC3O4)CC2C1. The quantitative estimate of drug-likeness (QED) is 0.693. The van der Waals surface area contributed by atoms with E-state index in [-0.39, 0.29) is 0 Å². The zero-order valence-electron chi connectivity index (χ0n) is 10.8. The molecule has 4 rings (SSSR count). The fraction of sp³-hybridized carbons (Fsp3) is 1.00. The molecule has 0 spiro atoms. The molecule has 96 valence electrons. The minimum absolute atomic E-state index is 0.648. The van der Waals surface area contributed by atoms with E-state index in [0.717, 1.165) is 17.9 Å². The van der Waals surface area contributed by atoms with Crippen LogP contribution < -0.4 is 0 Å². The molecule has 0 saturated carbocycles. The van der Waals surface area contributed by atoms with Gasteiger partial charge < -0.3 is 9.64 Å². The maximum Gasteiger partial charge on any atom is 0.0611 e. The lowest BCUT2D eigenvalue weighted by molar-refractivity contribution is 0.0328. The van der Waals surface area contributed by atoms with Gasteiger partial charge in [0.15, 0.2) is 0 Å². The van der Waals surface area contributed by atoms with E-state index in [1.54, 1.807) is 0 Å². The molecular weight excluding hydrogens is 210 g/mol. The minimum Gasteiger partial charge on any atom is -0.375 e. The molecule has 4 aliphatic heterocycles. The lowest BCUT2D eigenvalue weighted by atomic mass is 9.73. The molecule has 4 aliphatic rings. The molecule has 0 aromatic rings. The Hall–Kier alpha value is -0.0800. The van der Waals surface area contributed by atoms with Gasteiger partial charge in [-0.2, -0.15) is 0 Å². The molecular formula is C15H25NO. The van der Waals surface area contributed by atoms with Crippen molar-refractivity contribution < 1.29 is 4.74 Å². The highest BCUT2D eigenvalue weighted by Gasteiger charge is 2.46. The summed E-state index contributed by atoms with van der Waals surface area (Å²) < 4.78 is 6.06. The molecule has 5 atom stereocenters. The molecule has 0 aliphatic carbocycles. The molecule has 0 aromatic carbocycles. The van der Waals surface area contributed by atoms with E-state index in [1.807, 2.05) is 0 Å². The number of nitrogens with zero attached hydrogens (tertiary/aromatic N) is 1. The van der Waals surface area contributed by atoms with Gasteiger partial charge >= 0.3 is 0 Å². The van der Waals surface area contributed by atoms with Gasteiger partial charge in [0.25, 0.3) is 0 Å². The monoisotopic (exact) mass is 235 g/mol. The Morgan fingerprint density at radius 1 is 0.882 bits per heavy atom. The maximum absolute atomic E-state index is 6.06. The van der Waals surface area contributed by atoms with E-state index in [9.17, 15) is 0 Å². The molecule has 2 heteroatoms. The van der Waals surface area contributed by atoms with Crippen LogP contribution in [0, 0.1) is 11.8 Å². The first-order valence-corrected chi connectivity index (χ1v) is 7.79. The fourth-order valence-electron chi connectivity index (χ4n) is 4.98. The van der Waals surface area contributed by atoms with Crippen molar-refractivity contribution in [2.45, 2.75) is 69.6 Å². The second-order valence-corrected chi connectivity index (χ2v) is 6.74. The van der Waals surface area contributed by atoms with Crippen LogP contribution in [0.2, 0.25) is 0 Å². The van der Waals surface area contributed by atoms with Crippen LogP contribution in [0.4, 0.5) is 0 Å². The Balaban J connectivity index is 1.42. The molecule has 17 heavy (non-hydrogen) atoms. The molecule has 0 N–H and O–H groups in total. The van der Waals surface area contributed by atoms with Gasteiger partial charge in [0.05, 0.1) is 12.2 Å². The first-order chi connectivity index (χ1) is 8.40. The Bertz CT molecular complexity index is 293. The van der Waals surface area contributed by atoms with E-state index in [0.29, 0.717) is 12.2 Å². The topological polar surface area (TPSA) is 12.5 Å². The Kier molecular flexibility index (Phi) is 2.69. The van der Waals surface area contributed by atoms with Crippen molar-refractivity contribution in [2.24, 2.45) is 11.8 Å². The average Bonchev–Trinajstić information content (AvgIpc) is 3.00. The van der Waals surface area contributed by atoms with E-state index >= 15 is 0 Å². The van der Waals surface area contributed by atoms with Gasteiger partial charge in [-0.3, -0.25) is 0 Å². The summed E-state index contributed by atoms with van der Waals surface area (Å²) in [4.78, 5) is 2.77. The summed E-state index contributed by atoms with van der Waals surface area (Å²) in [6.45, 7) is 2.76. The summed E-state index contributed by atoms with van der Waals surface area (Å²) in [5.74, 6) is 1.92. The van der Waals surface area contributed by atoms with Gasteiger partial charge in [-0.15, -0.1) is 0 Å². The van der Waals surface area contributed by atoms with Gasteiger partial charge in [-0.25, -0.2) is 0 Å². The van der Waals surface area contributed by atoms with Gasteiger partial charge in [0.2, 0.25) is 0 Å². The first kappa shape index (κ1) is 10.8. The second-order valence-electron chi connectivity index (χ2n) is 6.74. The summed E-state index contributed by atoms with van der Waals surface area (Å²) in [5.41, 5.74) is 0. The number of rotatable bonds is 1. The van der Waals surface area contributed by atoms with E-state index in [1.165, 1.54) is 64.5 Å². The van der Waals surface area contributed by atoms with Gasteiger partial charge in [0, 0.05) is 6.04 Å². The normalized spacial score (nSPS) is 50.5. The highest BCUT2D eigenvalue weighted by molar-refractivity contribution is 4.96. The van der Waals surface area contributed by atoms with E-state index in [2.05, 4.69) is 4.90 Å². The van der Waals surface area contributed by atoms with E-state index in [4.69, 9.17) is 4.74 Å². The molecule has 2 nitrogen and oxygen atoms in total. The van der Waals surface area contributed by atoms with Crippen molar-refractivity contribution >= 4 is 0 Å². The van der Waals surface area contributed by atoms with Crippen LogP contribution in [0.15, 0.2) is 0 Å². The maximum atomic E-state index is 6.06. The zero-order valence-corrected chi connectivity index (χ0v) is 10.8. The summed E-state index contributed by atoms with van der Waals surface area (Å²) in [5, 5.41) is 0. The predicted molar refractivity (Wildman–Crippen MR) is 67.9 cm³/mol. The van der Waals surface area contributed by atoms with Crippen LogP contribution in [-0.2, 0) is 4.74 Å². The Morgan fingerprint density at radius 2 is 1.88 bits per heavy atom. The van der Waals surface area contributed by atoms with Crippen molar-refractivity contribution in [3.05, 3.63) is 0 Å². The van der Waals surface area contributed by atoms with Crippen LogP contribution in [0.3, 0.4) is 0 Å². The van der Waals surface area contributed by atoms with Crippen molar-refractivity contribution in [3.63, 3.8) is 0 Å². The van der Waals surface area contributed by atoms with E-state index < -0.39 is 0 Å². The highest BCUT2D eigenvalue weighted by Crippen LogP contribution is 2.46. The molecule has 4 saturated heterocycles. The average molecular weight is 235 g/mol. The van der Waals surface area contributed by atoms with Crippen molar-refractivity contribution in [2.75, 3.05) is 13.1 Å². The van der Waals surface area contributed by atoms with Crippen molar-refractivity contribution in [1.29, 1.82) is 0 Å². The van der Waals surface area contributed by atoms with Crippen LogP contribution >= 0.6 is 0 Å². The van der Waals surface area contributed by atoms with Gasteiger partial charge in [0.1, 0.15) is 0 Å². The third kappa shape index (κ3) is 1.84. The molecule has 4 fully saturated rings. The van der Waals surface area contributed by atoms with Crippen molar-refractivity contribution in [1.82, 2.24) is 4.90 Å². The van der Waals surface area contributed by atoms with Crippen molar-refractivity contribution in [3.8, 4) is 0 Å². The molecule has 5 unspecified atom stereocenters. The van der Waals surface area contributed by atoms with Gasteiger partial charge in [-0.05, 0) is 69.9 Å². The molecule has 2 bridgehead atoms. The molecule has 0 aromatic heterocycles. The summed E-state index contributed by atoms with van der Waals surface area (Å²) in [6, 6.07) is 0.932. The summed E-state index contributed by atoms with van der Waals surface area (Å²) in [7, 11) is 0. The lowest BCUT2D eigenvalue weighted by Gasteiger charge is -2.44. The van der Waals surface area contributed by atoms with Crippen LogP contribution in [0.25, 0.3) is 0 Å². The first-order valence-electron chi connectivity index (χ1n) is 7.79. The molecule has 4 heterocycles. The molecule has 0 radical (unpaired) electrons. The fourth-order valence-corrected chi connectivity index (χ4v) is 4.98. The molecule has 0 amide bonds. The predicted octanol–water partition coefficient (Wildman–Crippen LogP) is 2.82. The number of fused-ring (bicyclic) bond motifs is 3. The number of hydrogen-bond donors (Lipinski definition) is 0. The third-order valence-electron chi connectivity index (χ3n) is 5.87. The second kappa shape index (κ2) is 4.24. The summed E-state index contributed by atoms with van der Waals surface area (Å²) in [6.07, 6.45) is 12.7. The number of hydrogen-bond acceptors (Lipinski definition) is 2. The third-order valence-corrected chi connectivity index (χ3v) is 5.87. The zero-order chi connectivity index (χ0) is 11.2. The number of ether oxygens (including phenoxy) is 1. The minimum atomic E-state index is 0.648. The summed E-state index contributed by atoms with van der Waals surface area (Å²) >= 11 is 0. The lowest BCUT2D eigenvalue weighted by Crippen LogP contribution is -2.47. The standard InChI is InChI=1S/C15H25NO/c1-2-7-16-8-6-11(9-12(16)3-1)14-10-13-4-5-15(14)17-13/h11-15H,1-10H2. The number of piperidine rings is 2.